The number of nitriles is 1. The number of nitrogens with zero attached hydrogens (tertiary/aromatic N) is 2. The van der Waals surface area contributed by atoms with Crippen LogP contribution in [0.25, 0.3) is 0 Å². The number of carbonyl (C=O) groups excluding carboxylic acids is 1. The van der Waals surface area contributed by atoms with Crippen LogP contribution in [0.3, 0.4) is 0 Å². The second-order valence-electron chi connectivity index (χ2n) is 3.96. The minimum atomic E-state index is -0.204. The molecule has 0 aromatic rings. The zero-order valence-electron chi connectivity index (χ0n) is 8.99. The monoisotopic (exact) mass is 194 g/mol. The molecule has 2 atom stereocenters. The number of hydrogen-bond donors (Lipinski definition) is 0. The molecule has 0 spiro atoms. The maximum atomic E-state index is 11.6. The molecular formula is C11H18N2O. The number of carbonyl (C=O) groups is 1. The Hall–Kier alpha value is -1.04. The fourth-order valence-corrected chi connectivity index (χ4v) is 2.09. The third kappa shape index (κ3) is 2.25. The first kappa shape index (κ1) is 11.0. The van der Waals surface area contributed by atoms with E-state index in [1.807, 2.05) is 6.92 Å². The molecule has 0 radical (unpaired) electrons. The van der Waals surface area contributed by atoms with Crippen molar-refractivity contribution in [2.45, 2.75) is 45.6 Å². The Morgan fingerprint density at radius 1 is 1.64 bits per heavy atom. The second kappa shape index (κ2) is 4.99. The summed E-state index contributed by atoms with van der Waals surface area (Å²) >= 11 is 0. The standard InChI is InChI=1S/C11H18N2O/c1-3-5-9-6-11(14)13(8-9)10(4-2)7-12/h9-10H,3-6,8H2,1-2H3. The number of rotatable bonds is 4. The minimum Gasteiger partial charge on any atom is -0.326 e. The lowest BCUT2D eigenvalue weighted by Gasteiger charge is -2.21. The Balaban J connectivity index is 2.56. The summed E-state index contributed by atoms with van der Waals surface area (Å²) in [5.74, 6) is 0.645. The van der Waals surface area contributed by atoms with Gasteiger partial charge in [0.05, 0.1) is 6.07 Å². The van der Waals surface area contributed by atoms with E-state index in [0.29, 0.717) is 12.3 Å². The van der Waals surface area contributed by atoms with E-state index in [2.05, 4.69) is 13.0 Å². The van der Waals surface area contributed by atoms with Crippen LogP contribution < -0.4 is 0 Å². The molecule has 14 heavy (non-hydrogen) atoms. The highest BCUT2D eigenvalue weighted by Gasteiger charge is 2.32. The van der Waals surface area contributed by atoms with Gasteiger partial charge in [0.25, 0.3) is 0 Å². The summed E-state index contributed by atoms with van der Waals surface area (Å²) in [5, 5.41) is 8.88. The highest BCUT2D eigenvalue weighted by Crippen LogP contribution is 2.24. The van der Waals surface area contributed by atoms with Gasteiger partial charge in [-0.05, 0) is 18.8 Å². The maximum Gasteiger partial charge on any atom is 0.223 e. The van der Waals surface area contributed by atoms with Gasteiger partial charge < -0.3 is 4.90 Å². The Bertz CT molecular complexity index is 244. The van der Waals surface area contributed by atoms with Crippen molar-refractivity contribution in [1.29, 1.82) is 5.26 Å². The molecule has 0 N–H and O–H groups in total. The van der Waals surface area contributed by atoms with Crippen molar-refractivity contribution in [2.75, 3.05) is 6.54 Å². The lowest BCUT2D eigenvalue weighted by molar-refractivity contribution is -0.128. The van der Waals surface area contributed by atoms with Crippen molar-refractivity contribution < 1.29 is 4.79 Å². The Morgan fingerprint density at radius 2 is 2.36 bits per heavy atom. The molecule has 1 aliphatic rings. The zero-order chi connectivity index (χ0) is 10.6. The van der Waals surface area contributed by atoms with Crippen molar-refractivity contribution >= 4 is 5.91 Å². The third-order valence-electron chi connectivity index (χ3n) is 2.85. The van der Waals surface area contributed by atoms with Gasteiger partial charge in [0.2, 0.25) is 5.91 Å². The molecular weight excluding hydrogens is 176 g/mol. The molecule has 1 heterocycles. The second-order valence-corrected chi connectivity index (χ2v) is 3.96. The summed E-state index contributed by atoms with van der Waals surface area (Å²) < 4.78 is 0. The van der Waals surface area contributed by atoms with Gasteiger partial charge in [-0.25, -0.2) is 0 Å². The van der Waals surface area contributed by atoms with Crippen LogP contribution in [0.1, 0.15) is 39.5 Å². The van der Waals surface area contributed by atoms with E-state index in [1.54, 1.807) is 4.90 Å². The molecule has 78 valence electrons. The number of likely N-dealkylation sites (tertiary alicyclic amines) is 1. The van der Waals surface area contributed by atoms with Crippen LogP contribution in [0, 0.1) is 17.2 Å². The molecule has 1 rings (SSSR count). The predicted molar refractivity (Wildman–Crippen MR) is 54.4 cm³/mol. The summed E-state index contributed by atoms with van der Waals surface area (Å²) in [6, 6.07) is 1.99. The fraction of sp³-hybridized carbons (Fsp3) is 0.818. The van der Waals surface area contributed by atoms with Crippen LogP contribution >= 0.6 is 0 Å². The summed E-state index contributed by atoms with van der Waals surface area (Å²) in [6.45, 7) is 4.88. The quantitative estimate of drug-likeness (QED) is 0.686. The van der Waals surface area contributed by atoms with Crippen molar-refractivity contribution in [2.24, 2.45) is 5.92 Å². The van der Waals surface area contributed by atoms with Gasteiger partial charge in [0.1, 0.15) is 6.04 Å². The molecule has 3 heteroatoms. The van der Waals surface area contributed by atoms with Crippen LogP contribution in [-0.2, 0) is 4.79 Å². The van der Waals surface area contributed by atoms with Crippen molar-refractivity contribution in [3.05, 3.63) is 0 Å². The van der Waals surface area contributed by atoms with E-state index < -0.39 is 0 Å². The molecule has 0 aromatic carbocycles. The van der Waals surface area contributed by atoms with Crippen molar-refractivity contribution in [1.82, 2.24) is 4.90 Å². The topological polar surface area (TPSA) is 44.1 Å². The normalized spacial score (nSPS) is 23.6. The molecule has 1 aliphatic heterocycles. The largest absolute Gasteiger partial charge is 0.326 e. The van der Waals surface area contributed by atoms with Crippen LogP contribution in [-0.4, -0.2) is 23.4 Å². The summed E-state index contributed by atoms with van der Waals surface area (Å²) in [7, 11) is 0. The Morgan fingerprint density at radius 3 is 2.86 bits per heavy atom. The van der Waals surface area contributed by atoms with Crippen LogP contribution in [0.5, 0.6) is 0 Å². The first-order chi connectivity index (χ1) is 6.72. The first-order valence-electron chi connectivity index (χ1n) is 5.42. The van der Waals surface area contributed by atoms with E-state index in [-0.39, 0.29) is 11.9 Å². The molecule has 0 aliphatic carbocycles. The van der Waals surface area contributed by atoms with Crippen LogP contribution in [0.4, 0.5) is 0 Å². The average Bonchev–Trinajstić information content (AvgIpc) is 2.51. The molecule has 0 aromatic heterocycles. The summed E-state index contributed by atoms with van der Waals surface area (Å²) in [4.78, 5) is 13.3. The summed E-state index contributed by atoms with van der Waals surface area (Å²) in [5.41, 5.74) is 0. The van der Waals surface area contributed by atoms with Gasteiger partial charge in [0, 0.05) is 13.0 Å². The lowest BCUT2D eigenvalue weighted by Crippen LogP contribution is -2.35. The van der Waals surface area contributed by atoms with Gasteiger partial charge in [-0.2, -0.15) is 5.26 Å². The SMILES string of the molecule is CCCC1CC(=O)N(C(C#N)CC)C1. The fourth-order valence-electron chi connectivity index (χ4n) is 2.09. The van der Waals surface area contributed by atoms with Gasteiger partial charge >= 0.3 is 0 Å². The number of amides is 1. The predicted octanol–water partition coefficient (Wildman–Crippen LogP) is 1.94. The highest BCUT2D eigenvalue weighted by atomic mass is 16.2. The molecule has 1 fully saturated rings. The van der Waals surface area contributed by atoms with E-state index >= 15 is 0 Å². The zero-order valence-corrected chi connectivity index (χ0v) is 8.99. The molecule has 1 amide bonds. The third-order valence-corrected chi connectivity index (χ3v) is 2.85. The van der Waals surface area contributed by atoms with E-state index in [1.165, 1.54) is 0 Å². The highest BCUT2D eigenvalue weighted by molar-refractivity contribution is 5.79. The molecule has 1 saturated heterocycles. The van der Waals surface area contributed by atoms with Gasteiger partial charge in [-0.15, -0.1) is 0 Å². The van der Waals surface area contributed by atoms with Gasteiger partial charge in [-0.1, -0.05) is 20.3 Å². The van der Waals surface area contributed by atoms with Crippen molar-refractivity contribution in [3.63, 3.8) is 0 Å². The van der Waals surface area contributed by atoms with Gasteiger partial charge in [-0.3, -0.25) is 4.79 Å². The molecule has 3 nitrogen and oxygen atoms in total. The van der Waals surface area contributed by atoms with Crippen molar-refractivity contribution in [3.8, 4) is 6.07 Å². The Labute approximate surface area is 85.7 Å². The lowest BCUT2D eigenvalue weighted by atomic mass is 10.0. The van der Waals surface area contributed by atoms with E-state index in [9.17, 15) is 4.79 Å². The Kier molecular flexibility index (Phi) is 3.94. The summed E-state index contributed by atoms with van der Waals surface area (Å²) in [6.07, 6.45) is 3.60. The minimum absolute atomic E-state index is 0.164. The average molecular weight is 194 g/mol. The van der Waals surface area contributed by atoms with E-state index in [4.69, 9.17) is 5.26 Å². The smallest absolute Gasteiger partial charge is 0.223 e. The molecule has 0 saturated carbocycles. The molecule has 0 bridgehead atoms. The maximum absolute atomic E-state index is 11.6. The number of hydrogen-bond acceptors (Lipinski definition) is 2. The van der Waals surface area contributed by atoms with Crippen LogP contribution in [0.15, 0.2) is 0 Å². The van der Waals surface area contributed by atoms with E-state index in [0.717, 1.165) is 25.8 Å². The van der Waals surface area contributed by atoms with Gasteiger partial charge in [0.15, 0.2) is 0 Å². The first-order valence-corrected chi connectivity index (χ1v) is 5.42. The molecule has 2 unspecified atom stereocenters. The van der Waals surface area contributed by atoms with Crippen LogP contribution in [0.2, 0.25) is 0 Å².